The molecule has 0 unspecified atom stereocenters. The van der Waals surface area contributed by atoms with Gasteiger partial charge in [-0.1, -0.05) is 6.42 Å². The molecule has 1 saturated carbocycles. The summed E-state index contributed by atoms with van der Waals surface area (Å²) in [6, 6.07) is 0. The van der Waals surface area contributed by atoms with E-state index in [4.69, 9.17) is 11.2 Å². The number of rotatable bonds is 2. The van der Waals surface area contributed by atoms with Crippen LogP contribution < -0.4 is 5.32 Å². The van der Waals surface area contributed by atoms with Crippen LogP contribution in [0.3, 0.4) is 0 Å². The van der Waals surface area contributed by atoms with Crippen molar-refractivity contribution in [3.8, 4) is 12.3 Å². The maximum Gasteiger partial charge on any atom is 0.407 e. The third-order valence-electron chi connectivity index (χ3n) is 2.70. The van der Waals surface area contributed by atoms with Gasteiger partial charge in [0, 0.05) is 13.5 Å². The van der Waals surface area contributed by atoms with Gasteiger partial charge in [-0.2, -0.15) is 0 Å². The lowest BCUT2D eigenvalue weighted by molar-refractivity contribution is -0.0118. The smallest absolute Gasteiger partial charge is 0.407 e. The molecule has 0 radical (unpaired) electrons. The summed E-state index contributed by atoms with van der Waals surface area (Å²) in [6.07, 6.45) is 10.6. The Hall–Kier alpha value is -1.17. The Bertz CT molecular complexity index is 236. The first kappa shape index (κ1) is 10.9. The predicted octanol–water partition coefficient (Wildman–Crippen LogP) is 2.07. The third kappa shape index (κ3) is 2.66. The van der Waals surface area contributed by atoms with Crippen LogP contribution in [0.25, 0.3) is 0 Å². The van der Waals surface area contributed by atoms with Gasteiger partial charge in [-0.05, 0) is 25.7 Å². The predicted molar refractivity (Wildman–Crippen MR) is 54.8 cm³/mol. The number of alkyl carbamates (subject to hydrolysis) is 1. The molecule has 0 aromatic rings. The number of ether oxygens (including phenoxy) is 1. The fourth-order valence-electron chi connectivity index (χ4n) is 1.94. The maximum absolute atomic E-state index is 11.2. The van der Waals surface area contributed by atoms with Crippen molar-refractivity contribution in [1.29, 1.82) is 0 Å². The van der Waals surface area contributed by atoms with Crippen molar-refractivity contribution in [3.63, 3.8) is 0 Å². The van der Waals surface area contributed by atoms with Gasteiger partial charge in [0.05, 0.1) is 0 Å². The highest BCUT2D eigenvalue weighted by Crippen LogP contribution is 2.34. The van der Waals surface area contributed by atoms with Gasteiger partial charge in [-0.15, -0.1) is 12.3 Å². The van der Waals surface area contributed by atoms with Gasteiger partial charge >= 0.3 is 6.09 Å². The van der Waals surface area contributed by atoms with Crippen LogP contribution in [0, 0.1) is 12.3 Å². The second-order valence-corrected chi connectivity index (χ2v) is 3.76. The molecule has 1 amide bonds. The summed E-state index contributed by atoms with van der Waals surface area (Å²) in [5.74, 6) is 2.60. The van der Waals surface area contributed by atoms with E-state index in [0.717, 1.165) is 25.7 Å². The Morgan fingerprint density at radius 2 is 2.14 bits per heavy atom. The van der Waals surface area contributed by atoms with Crippen LogP contribution in [-0.2, 0) is 4.74 Å². The normalized spacial score (nSPS) is 19.4. The lowest BCUT2D eigenvalue weighted by Gasteiger charge is -2.35. The topological polar surface area (TPSA) is 38.3 Å². The molecule has 0 spiro atoms. The van der Waals surface area contributed by atoms with E-state index in [1.165, 1.54) is 6.42 Å². The number of carbonyl (C=O) groups is 1. The van der Waals surface area contributed by atoms with Crippen LogP contribution in [0.2, 0.25) is 0 Å². The summed E-state index contributed by atoms with van der Waals surface area (Å²) in [7, 11) is 1.56. The van der Waals surface area contributed by atoms with E-state index in [0.29, 0.717) is 6.42 Å². The molecule has 3 heteroatoms. The second kappa shape index (κ2) is 4.90. The van der Waals surface area contributed by atoms with Crippen molar-refractivity contribution in [2.75, 3.05) is 7.05 Å². The van der Waals surface area contributed by atoms with E-state index >= 15 is 0 Å². The van der Waals surface area contributed by atoms with E-state index in [1.54, 1.807) is 7.05 Å². The molecular weight excluding hydrogens is 178 g/mol. The summed E-state index contributed by atoms with van der Waals surface area (Å²) in [4.78, 5) is 11.2. The minimum atomic E-state index is -0.396. The van der Waals surface area contributed by atoms with Gasteiger partial charge in [-0.25, -0.2) is 4.79 Å². The van der Waals surface area contributed by atoms with Crippen molar-refractivity contribution in [3.05, 3.63) is 0 Å². The highest BCUT2D eigenvalue weighted by Gasteiger charge is 2.34. The number of amides is 1. The first-order chi connectivity index (χ1) is 6.72. The maximum atomic E-state index is 11.2. The van der Waals surface area contributed by atoms with E-state index < -0.39 is 5.60 Å². The highest BCUT2D eigenvalue weighted by atomic mass is 16.6. The molecule has 0 atom stereocenters. The SMILES string of the molecule is C#CCC1(OC(=O)NC)CCCCC1. The highest BCUT2D eigenvalue weighted by molar-refractivity contribution is 5.67. The molecule has 1 fully saturated rings. The number of hydrogen-bond donors (Lipinski definition) is 1. The zero-order chi connectivity index (χ0) is 10.4. The molecule has 78 valence electrons. The Kier molecular flexibility index (Phi) is 3.82. The molecule has 1 rings (SSSR count). The number of nitrogens with one attached hydrogen (secondary N) is 1. The molecule has 0 bridgehead atoms. The Morgan fingerprint density at radius 1 is 1.50 bits per heavy atom. The van der Waals surface area contributed by atoms with Crippen LogP contribution in [0.4, 0.5) is 4.79 Å². The van der Waals surface area contributed by atoms with Gasteiger partial charge in [0.2, 0.25) is 0 Å². The quantitative estimate of drug-likeness (QED) is 0.685. The van der Waals surface area contributed by atoms with Crippen molar-refractivity contribution in [1.82, 2.24) is 5.32 Å². The van der Waals surface area contributed by atoms with E-state index in [2.05, 4.69) is 11.2 Å². The van der Waals surface area contributed by atoms with Crippen LogP contribution >= 0.6 is 0 Å². The van der Waals surface area contributed by atoms with Crippen LogP contribution in [0.5, 0.6) is 0 Å². The summed E-state index contributed by atoms with van der Waals surface area (Å²) >= 11 is 0. The van der Waals surface area contributed by atoms with Gasteiger partial charge < -0.3 is 10.1 Å². The van der Waals surface area contributed by atoms with Crippen LogP contribution in [0.1, 0.15) is 38.5 Å². The van der Waals surface area contributed by atoms with Gasteiger partial charge in [0.1, 0.15) is 5.60 Å². The van der Waals surface area contributed by atoms with Gasteiger partial charge in [0.15, 0.2) is 0 Å². The summed E-state index contributed by atoms with van der Waals surface area (Å²) < 4.78 is 5.38. The summed E-state index contributed by atoms with van der Waals surface area (Å²) in [5.41, 5.74) is -0.396. The molecule has 3 nitrogen and oxygen atoms in total. The number of terminal acetylenes is 1. The first-order valence-electron chi connectivity index (χ1n) is 5.07. The third-order valence-corrected chi connectivity index (χ3v) is 2.70. The molecule has 0 aromatic heterocycles. The minimum Gasteiger partial charge on any atom is -0.442 e. The van der Waals surface area contributed by atoms with Crippen LogP contribution in [0.15, 0.2) is 0 Å². The number of carbonyl (C=O) groups excluding carboxylic acids is 1. The first-order valence-corrected chi connectivity index (χ1v) is 5.07. The zero-order valence-corrected chi connectivity index (χ0v) is 8.64. The molecule has 1 N–H and O–H groups in total. The standard InChI is InChI=1S/C11H17NO2/c1-3-7-11(14-10(13)12-2)8-5-4-6-9-11/h1H,4-9H2,2H3,(H,12,13). The lowest BCUT2D eigenvalue weighted by Crippen LogP contribution is -2.39. The fourth-order valence-corrected chi connectivity index (χ4v) is 1.94. The fraction of sp³-hybridized carbons (Fsp3) is 0.727. The molecule has 0 saturated heterocycles. The molecule has 0 heterocycles. The Labute approximate surface area is 85.2 Å². The zero-order valence-electron chi connectivity index (χ0n) is 8.64. The van der Waals surface area contributed by atoms with Crippen LogP contribution in [-0.4, -0.2) is 18.7 Å². The summed E-state index contributed by atoms with van der Waals surface area (Å²) in [6.45, 7) is 0. The monoisotopic (exact) mass is 195 g/mol. The van der Waals surface area contributed by atoms with Gasteiger partial charge in [0.25, 0.3) is 0 Å². The lowest BCUT2D eigenvalue weighted by atomic mass is 9.82. The van der Waals surface area contributed by atoms with Crippen molar-refractivity contribution in [2.45, 2.75) is 44.1 Å². The van der Waals surface area contributed by atoms with Gasteiger partial charge in [-0.3, -0.25) is 0 Å². The summed E-state index contributed by atoms with van der Waals surface area (Å²) in [5, 5.41) is 2.47. The minimum absolute atomic E-state index is 0.373. The average Bonchev–Trinajstić information content (AvgIpc) is 2.19. The molecule has 0 aromatic carbocycles. The molecular formula is C11H17NO2. The molecule has 1 aliphatic carbocycles. The average molecular weight is 195 g/mol. The molecule has 1 aliphatic rings. The Morgan fingerprint density at radius 3 is 2.64 bits per heavy atom. The van der Waals surface area contributed by atoms with Crippen molar-refractivity contribution < 1.29 is 9.53 Å². The van der Waals surface area contributed by atoms with E-state index in [1.807, 2.05) is 0 Å². The van der Waals surface area contributed by atoms with E-state index in [9.17, 15) is 4.79 Å². The van der Waals surface area contributed by atoms with Crippen molar-refractivity contribution in [2.24, 2.45) is 0 Å². The Balaban J connectivity index is 2.61. The molecule has 14 heavy (non-hydrogen) atoms. The second-order valence-electron chi connectivity index (χ2n) is 3.76. The van der Waals surface area contributed by atoms with Crippen molar-refractivity contribution >= 4 is 6.09 Å². The van der Waals surface area contributed by atoms with E-state index in [-0.39, 0.29) is 6.09 Å². The number of hydrogen-bond acceptors (Lipinski definition) is 2. The molecule has 0 aliphatic heterocycles. The largest absolute Gasteiger partial charge is 0.442 e.